The first-order valence-electron chi connectivity index (χ1n) is 9.99. The van der Waals surface area contributed by atoms with E-state index in [1.165, 1.54) is 5.56 Å². The molecule has 1 aromatic heterocycles. The zero-order chi connectivity index (χ0) is 21.9. The fourth-order valence-electron chi connectivity index (χ4n) is 3.23. The van der Waals surface area contributed by atoms with Crippen LogP contribution in [0, 0.1) is 0 Å². The molecule has 3 rings (SSSR count). The van der Waals surface area contributed by atoms with Gasteiger partial charge in [0, 0.05) is 17.2 Å². The molecule has 2 aromatic carbocycles. The highest BCUT2D eigenvalue weighted by molar-refractivity contribution is 6.06. The van der Waals surface area contributed by atoms with Crippen LogP contribution in [0.3, 0.4) is 0 Å². The van der Waals surface area contributed by atoms with Gasteiger partial charge in [0.15, 0.2) is 0 Å². The van der Waals surface area contributed by atoms with Crippen LogP contribution < -0.4 is 14.8 Å². The Morgan fingerprint density at radius 2 is 1.63 bits per heavy atom. The number of hydrogen-bond acceptors (Lipinski definition) is 4. The summed E-state index contributed by atoms with van der Waals surface area (Å²) >= 11 is 0. The van der Waals surface area contributed by atoms with Gasteiger partial charge in [0.1, 0.15) is 17.2 Å². The molecule has 0 radical (unpaired) electrons. The maximum Gasteiger partial charge on any atom is 0.256 e. The van der Waals surface area contributed by atoms with Crippen LogP contribution in [0.2, 0.25) is 0 Å². The number of rotatable bonds is 6. The van der Waals surface area contributed by atoms with Gasteiger partial charge >= 0.3 is 0 Å². The van der Waals surface area contributed by atoms with Gasteiger partial charge in [-0.05, 0) is 29.5 Å². The molecule has 6 nitrogen and oxygen atoms in total. The second-order valence-corrected chi connectivity index (χ2v) is 8.16. The predicted molar refractivity (Wildman–Crippen MR) is 120 cm³/mol. The van der Waals surface area contributed by atoms with Crippen LogP contribution in [0.1, 0.15) is 49.3 Å². The van der Waals surface area contributed by atoms with Crippen LogP contribution >= 0.6 is 0 Å². The van der Waals surface area contributed by atoms with Crippen molar-refractivity contribution in [3.63, 3.8) is 0 Å². The average Bonchev–Trinajstić information content (AvgIpc) is 3.15. The normalized spacial score (nSPS) is 11.3. The van der Waals surface area contributed by atoms with Crippen molar-refractivity contribution >= 4 is 11.6 Å². The molecule has 0 aliphatic rings. The summed E-state index contributed by atoms with van der Waals surface area (Å²) in [6, 6.07) is 13.4. The van der Waals surface area contributed by atoms with Crippen LogP contribution in [0.15, 0.2) is 42.5 Å². The molecule has 0 atom stereocenters. The van der Waals surface area contributed by atoms with E-state index in [1.54, 1.807) is 32.4 Å². The Morgan fingerprint density at radius 1 is 1.03 bits per heavy atom. The molecule has 0 saturated carbocycles. The van der Waals surface area contributed by atoms with E-state index in [0.717, 1.165) is 17.0 Å². The molecule has 158 valence electrons. The average molecular weight is 408 g/mol. The number of nitrogens with one attached hydrogen (secondary N) is 2. The van der Waals surface area contributed by atoms with Crippen molar-refractivity contribution in [2.75, 3.05) is 19.5 Å². The zero-order valence-electron chi connectivity index (χ0n) is 18.4. The van der Waals surface area contributed by atoms with E-state index < -0.39 is 0 Å². The maximum absolute atomic E-state index is 13.0. The lowest BCUT2D eigenvalue weighted by molar-refractivity contribution is 0.102. The van der Waals surface area contributed by atoms with Gasteiger partial charge in [0.2, 0.25) is 0 Å². The number of hydrogen-bond donors (Lipinski definition) is 2. The van der Waals surface area contributed by atoms with E-state index in [-0.39, 0.29) is 11.3 Å². The maximum atomic E-state index is 13.0. The van der Waals surface area contributed by atoms with Crippen molar-refractivity contribution < 1.29 is 14.3 Å². The quantitative estimate of drug-likeness (QED) is 0.588. The third-order valence-corrected chi connectivity index (χ3v) is 5.07. The number of amides is 1. The minimum Gasteiger partial charge on any atom is -0.497 e. The van der Waals surface area contributed by atoms with E-state index in [9.17, 15) is 4.79 Å². The Morgan fingerprint density at radius 3 is 2.13 bits per heavy atom. The monoisotopic (exact) mass is 407 g/mol. The Labute approximate surface area is 177 Å². The molecular formula is C24H29N3O3. The number of methoxy groups -OCH3 is 2. The summed E-state index contributed by atoms with van der Waals surface area (Å²) in [6.45, 7) is 8.56. The number of benzene rings is 2. The molecule has 0 unspecified atom stereocenters. The number of carbonyl (C=O) groups is 1. The second-order valence-electron chi connectivity index (χ2n) is 8.16. The first-order chi connectivity index (χ1) is 14.3. The van der Waals surface area contributed by atoms with Crippen molar-refractivity contribution in [2.24, 2.45) is 0 Å². The van der Waals surface area contributed by atoms with E-state index in [0.29, 0.717) is 29.2 Å². The summed E-state index contributed by atoms with van der Waals surface area (Å²) < 4.78 is 10.6. The van der Waals surface area contributed by atoms with Gasteiger partial charge in [-0.15, -0.1) is 0 Å². The van der Waals surface area contributed by atoms with E-state index >= 15 is 0 Å². The van der Waals surface area contributed by atoms with E-state index in [4.69, 9.17) is 9.47 Å². The lowest BCUT2D eigenvalue weighted by Crippen LogP contribution is -2.14. The Bertz CT molecular complexity index is 1010. The minimum atomic E-state index is -0.254. The van der Waals surface area contributed by atoms with Crippen molar-refractivity contribution in [3.05, 3.63) is 59.3 Å². The lowest BCUT2D eigenvalue weighted by Gasteiger charge is -2.19. The molecule has 1 heterocycles. The Hall–Kier alpha value is -3.28. The number of aromatic amines is 1. The molecule has 2 N–H and O–H groups in total. The van der Waals surface area contributed by atoms with Crippen LogP contribution in [0.5, 0.6) is 11.5 Å². The smallest absolute Gasteiger partial charge is 0.256 e. The van der Waals surface area contributed by atoms with Gasteiger partial charge in [0.25, 0.3) is 5.91 Å². The molecule has 0 spiro atoms. The fraction of sp³-hybridized carbons (Fsp3) is 0.333. The largest absolute Gasteiger partial charge is 0.497 e. The second kappa shape index (κ2) is 8.61. The highest BCUT2D eigenvalue weighted by Crippen LogP contribution is 2.32. The van der Waals surface area contributed by atoms with Gasteiger partial charge < -0.3 is 14.8 Å². The Balaban J connectivity index is 1.95. The number of aromatic nitrogens is 2. The first kappa shape index (κ1) is 21.4. The third kappa shape index (κ3) is 4.48. The molecule has 0 aliphatic heterocycles. The van der Waals surface area contributed by atoms with E-state index in [1.807, 2.05) is 19.1 Å². The van der Waals surface area contributed by atoms with Gasteiger partial charge in [-0.25, -0.2) is 0 Å². The molecule has 0 fully saturated rings. The highest BCUT2D eigenvalue weighted by Gasteiger charge is 2.19. The molecule has 6 heteroatoms. The number of carbonyl (C=O) groups excluding carboxylic acids is 1. The number of aryl methyl sites for hydroxylation is 1. The van der Waals surface area contributed by atoms with Crippen molar-refractivity contribution in [3.8, 4) is 22.8 Å². The number of H-pyrrole nitrogens is 1. The van der Waals surface area contributed by atoms with Gasteiger partial charge in [-0.2, -0.15) is 5.10 Å². The third-order valence-electron chi connectivity index (χ3n) is 5.07. The molecule has 3 aromatic rings. The SMILES string of the molecule is CCc1[nH]nc(-c2ccc(C(C)(C)C)cc2)c1NC(=O)c1cc(OC)cc(OC)c1. The topological polar surface area (TPSA) is 76.2 Å². The summed E-state index contributed by atoms with van der Waals surface area (Å²) in [5.74, 6) is 0.858. The molecule has 0 saturated heterocycles. The van der Waals surface area contributed by atoms with Crippen LogP contribution in [-0.2, 0) is 11.8 Å². The molecule has 1 amide bonds. The molecular weight excluding hydrogens is 378 g/mol. The fourth-order valence-corrected chi connectivity index (χ4v) is 3.23. The summed E-state index contributed by atoms with van der Waals surface area (Å²) in [5.41, 5.74) is 4.98. The molecule has 0 bridgehead atoms. The molecule has 0 aliphatic carbocycles. The lowest BCUT2D eigenvalue weighted by atomic mass is 9.86. The van der Waals surface area contributed by atoms with E-state index in [2.05, 4.69) is 48.4 Å². The van der Waals surface area contributed by atoms with Gasteiger partial charge in [0.05, 0.1) is 25.6 Å². The highest BCUT2D eigenvalue weighted by atomic mass is 16.5. The van der Waals surface area contributed by atoms with Crippen molar-refractivity contribution in [2.45, 2.75) is 39.5 Å². The van der Waals surface area contributed by atoms with Gasteiger partial charge in [-0.3, -0.25) is 9.89 Å². The van der Waals surface area contributed by atoms with Crippen molar-refractivity contribution in [1.82, 2.24) is 10.2 Å². The minimum absolute atomic E-state index is 0.0706. The number of anilines is 1. The number of ether oxygens (including phenoxy) is 2. The summed E-state index contributed by atoms with van der Waals surface area (Å²) in [7, 11) is 3.11. The van der Waals surface area contributed by atoms with Crippen LogP contribution in [0.4, 0.5) is 5.69 Å². The molecule has 30 heavy (non-hydrogen) atoms. The van der Waals surface area contributed by atoms with Gasteiger partial charge in [-0.1, -0.05) is 52.0 Å². The Kier molecular flexibility index (Phi) is 6.15. The zero-order valence-corrected chi connectivity index (χ0v) is 18.4. The predicted octanol–water partition coefficient (Wildman–Crippen LogP) is 5.21. The van der Waals surface area contributed by atoms with Crippen molar-refractivity contribution in [1.29, 1.82) is 0 Å². The number of nitrogens with zero attached hydrogens (tertiary/aromatic N) is 1. The first-order valence-corrected chi connectivity index (χ1v) is 9.99. The summed E-state index contributed by atoms with van der Waals surface area (Å²) in [6.07, 6.45) is 0.712. The standard InChI is InChI=1S/C24H29N3O3/c1-7-20-22(25-23(28)16-12-18(29-5)14-19(13-16)30-6)21(27-26-20)15-8-10-17(11-9-15)24(2,3)4/h8-14H,7H2,1-6H3,(H,25,28)(H,26,27). The summed E-state index contributed by atoms with van der Waals surface area (Å²) in [4.78, 5) is 13.0. The van der Waals surface area contributed by atoms with Crippen LogP contribution in [0.25, 0.3) is 11.3 Å². The summed E-state index contributed by atoms with van der Waals surface area (Å²) in [5, 5.41) is 10.6. The van der Waals surface area contributed by atoms with Crippen LogP contribution in [-0.4, -0.2) is 30.3 Å².